The lowest BCUT2D eigenvalue weighted by Crippen LogP contribution is -2.23. The summed E-state index contributed by atoms with van der Waals surface area (Å²) in [7, 11) is 0. The van der Waals surface area contributed by atoms with E-state index in [-0.39, 0.29) is 11.3 Å². The first-order valence-corrected chi connectivity index (χ1v) is 6.44. The Hall–Kier alpha value is -2.01. The molecule has 2 nitrogen and oxygen atoms in total. The Morgan fingerprint density at radius 2 is 1.81 bits per heavy atom. The molecule has 5 heteroatoms. The first kappa shape index (κ1) is 15.4. The van der Waals surface area contributed by atoms with Crippen molar-refractivity contribution in [3.63, 3.8) is 0 Å². The summed E-state index contributed by atoms with van der Waals surface area (Å²) in [5.74, 6) is -4.26. The first-order chi connectivity index (χ1) is 9.90. The second-order valence-corrected chi connectivity index (χ2v) is 4.72. The van der Waals surface area contributed by atoms with Crippen LogP contribution in [0.1, 0.15) is 24.2 Å². The SMILES string of the molecule is C[C@H](O)c1ccc(OCC(F)(F)c2ccccc2)c(F)c1. The van der Waals surface area contributed by atoms with Gasteiger partial charge in [-0.25, -0.2) is 4.39 Å². The molecular formula is C16H15F3O2. The molecule has 21 heavy (non-hydrogen) atoms. The summed E-state index contributed by atoms with van der Waals surface area (Å²) >= 11 is 0. The first-order valence-electron chi connectivity index (χ1n) is 6.44. The maximum Gasteiger partial charge on any atom is 0.306 e. The highest BCUT2D eigenvalue weighted by Crippen LogP contribution is 2.30. The Labute approximate surface area is 120 Å². The van der Waals surface area contributed by atoms with E-state index in [9.17, 15) is 18.3 Å². The predicted octanol–water partition coefficient (Wildman–Crippen LogP) is 4.05. The Balaban J connectivity index is 2.09. The van der Waals surface area contributed by atoms with Crippen molar-refractivity contribution in [3.05, 3.63) is 65.5 Å². The van der Waals surface area contributed by atoms with E-state index in [0.717, 1.165) is 6.07 Å². The molecule has 0 fully saturated rings. The lowest BCUT2D eigenvalue weighted by Gasteiger charge is -2.18. The van der Waals surface area contributed by atoms with Crippen LogP contribution in [-0.4, -0.2) is 11.7 Å². The standard InChI is InChI=1S/C16H15F3O2/c1-11(20)12-7-8-15(14(17)9-12)21-10-16(18,19)13-5-3-2-4-6-13/h2-9,11,20H,10H2,1H3/t11-/m0/s1. The minimum Gasteiger partial charge on any atom is -0.484 e. The highest BCUT2D eigenvalue weighted by atomic mass is 19.3. The van der Waals surface area contributed by atoms with Gasteiger partial charge in [-0.2, -0.15) is 8.78 Å². The number of aliphatic hydroxyl groups is 1. The zero-order valence-electron chi connectivity index (χ0n) is 11.4. The summed E-state index contributed by atoms with van der Waals surface area (Å²) in [4.78, 5) is 0. The van der Waals surface area contributed by atoms with Crippen molar-refractivity contribution in [2.45, 2.75) is 19.0 Å². The van der Waals surface area contributed by atoms with Gasteiger partial charge in [-0.15, -0.1) is 0 Å². The molecule has 1 atom stereocenters. The van der Waals surface area contributed by atoms with Gasteiger partial charge in [0.25, 0.3) is 0 Å². The van der Waals surface area contributed by atoms with Crippen LogP contribution >= 0.6 is 0 Å². The molecule has 0 saturated carbocycles. The molecule has 0 unspecified atom stereocenters. The van der Waals surface area contributed by atoms with Crippen molar-refractivity contribution < 1.29 is 23.0 Å². The molecule has 0 heterocycles. The maximum atomic E-state index is 13.9. The molecular weight excluding hydrogens is 281 g/mol. The molecule has 0 aromatic heterocycles. The molecule has 0 spiro atoms. The lowest BCUT2D eigenvalue weighted by atomic mass is 10.1. The van der Waals surface area contributed by atoms with Gasteiger partial charge in [0, 0.05) is 5.56 Å². The van der Waals surface area contributed by atoms with E-state index in [0.29, 0.717) is 5.56 Å². The molecule has 2 aromatic rings. The van der Waals surface area contributed by atoms with Gasteiger partial charge in [0.1, 0.15) is 0 Å². The van der Waals surface area contributed by atoms with E-state index in [1.54, 1.807) is 6.07 Å². The molecule has 0 aliphatic carbocycles. The summed E-state index contributed by atoms with van der Waals surface area (Å²) < 4.78 is 46.4. The summed E-state index contributed by atoms with van der Waals surface area (Å²) in [5.41, 5.74) is 0.167. The van der Waals surface area contributed by atoms with E-state index in [1.165, 1.54) is 43.3 Å². The van der Waals surface area contributed by atoms with Gasteiger partial charge < -0.3 is 9.84 Å². The number of hydrogen-bond acceptors (Lipinski definition) is 2. The van der Waals surface area contributed by atoms with Crippen LogP contribution in [0.15, 0.2) is 48.5 Å². The zero-order valence-corrected chi connectivity index (χ0v) is 11.4. The van der Waals surface area contributed by atoms with Gasteiger partial charge in [-0.05, 0) is 24.6 Å². The van der Waals surface area contributed by atoms with Crippen molar-refractivity contribution in [2.24, 2.45) is 0 Å². The zero-order chi connectivity index (χ0) is 15.5. The summed E-state index contributed by atoms with van der Waals surface area (Å²) in [6.45, 7) is 0.529. The molecule has 0 aliphatic rings. The van der Waals surface area contributed by atoms with Crippen molar-refractivity contribution in [1.82, 2.24) is 0 Å². The maximum absolute atomic E-state index is 13.9. The average molecular weight is 296 g/mol. The Morgan fingerprint density at radius 1 is 1.14 bits per heavy atom. The van der Waals surface area contributed by atoms with Gasteiger partial charge in [0.05, 0.1) is 6.10 Å². The summed E-state index contributed by atoms with van der Waals surface area (Å²) in [6.07, 6.45) is -0.834. The van der Waals surface area contributed by atoms with Gasteiger partial charge in [0.15, 0.2) is 18.2 Å². The Morgan fingerprint density at radius 3 is 2.38 bits per heavy atom. The van der Waals surface area contributed by atoms with Gasteiger partial charge in [0.2, 0.25) is 0 Å². The number of halogens is 3. The van der Waals surface area contributed by atoms with Crippen molar-refractivity contribution >= 4 is 0 Å². The summed E-state index contributed by atoms with van der Waals surface area (Å²) in [6, 6.07) is 11.0. The van der Waals surface area contributed by atoms with E-state index in [1.807, 2.05) is 0 Å². The minimum atomic E-state index is -3.21. The van der Waals surface area contributed by atoms with E-state index in [4.69, 9.17) is 4.74 Å². The number of aliphatic hydroxyl groups excluding tert-OH is 1. The third kappa shape index (κ3) is 3.76. The molecule has 112 valence electrons. The van der Waals surface area contributed by atoms with E-state index in [2.05, 4.69) is 0 Å². The Kier molecular flexibility index (Phi) is 4.53. The van der Waals surface area contributed by atoms with Crippen LogP contribution in [0.4, 0.5) is 13.2 Å². The number of rotatable bonds is 5. The fraction of sp³-hybridized carbons (Fsp3) is 0.250. The largest absolute Gasteiger partial charge is 0.484 e. The highest BCUT2D eigenvalue weighted by Gasteiger charge is 2.32. The topological polar surface area (TPSA) is 29.5 Å². The third-order valence-electron chi connectivity index (χ3n) is 3.04. The molecule has 0 amide bonds. The molecule has 2 rings (SSSR count). The second-order valence-electron chi connectivity index (χ2n) is 4.72. The van der Waals surface area contributed by atoms with Crippen molar-refractivity contribution in [3.8, 4) is 5.75 Å². The van der Waals surface area contributed by atoms with Crippen LogP contribution in [0.3, 0.4) is 0 Å². The van der Waals surface area contributed by atoms with Gasteiger partial charge >= 0.3 is 5.92 Å². The number of benzene rings is 2. The molecule has 0 aliphatic heterocycles. The molecule has 0 bridgehead atoms. The van der Waals surface area contributed by atoms with Crippen LogP contribution in [0.25, 0.3) is 0 Å². The molecule has 0 radical (unpaired) electrons. The quantitative estimate of drug-likeness (QED) is 0.902. The molecule has 1 N–H and O–H groups in total. The average Bonchev–Trinajstić information content (AvgIpc) is 2.46. The van der Waals surface area contributed by atoms with Crippen molar-refractivity contribution in [2.75, 3.05) is 6.61 Å². The molecule has 0 saturated heterocycles. The van der Waals surface area contributed by atoms with Crippen LogP contribution < -0.4 is 4.74 Å². The number of hydrogen-bond donors (Lipinski definition) is 1. The fourth-order valence-electron chi connectivity index (χ4n) is 1.83. The number of alkyl halides is 2. The van der Waals surface area contributed by atoms with Crippen molar-refractivity contribution in [1.29, 1.82) is 0 Å². The van der Waals surface area contributed by atoms with E-state index < -0.39 is 24.5 Å². The fourth-order valence-corrected chi connectivity index (χ4v) is 1.83. The monoisotopic (exact) mass is 296 g/mol. The second kappa shape index (κ2) is 6.18. The predicted molar refractivity (Wildman–Crippen MR) is 72.9 cm³/mol. The summed E-state index contributed by atoms with van der Waals surface area (Å²) in [5, 5.41) is 9.32. The highest BCUT2D eigenvalue weighted by molar-refractivity contribution is 5.30. The lowest BCUT2D eigenvalue weighted by molar-refractivity contribution is -0.0475. The van der Waals surface area contributed by atoms with E-state index >= 15 is 0 Å². The third-order valence-corrected chi connectivity index (χ3v) is 3.04. The van der Waals surface area contributed by atoms with Crippen LogP contribution in [0.2, 0.25) is 0 Å². The minimum absolute atomic E-state index is 0.189. The van der Waals surface area contributed by atoms with Crippen LogP contribution in [0.5, 0.6) is 5.75 Å². The Bertz CT molecular complexity index is 598. The van der Waals surface area contributed by atoms with Crippen LogP contribution in [-0.2, 0) is 5.92 Å². The normalized spacial score (nSPS) is 13.0. The van der Waals surface area contributed by atoms with Gasteiger partial charge in [-0.3, -0.25) is 0 Å². The number of ether oxygens (including phenoxy) is 1. The van der Waals surface area contributed by atoms with Crippen LogP contribution in [0, 0.1) is 5.82 Å². The van der Waals surface area contributed by atoms with Gasteiger partial charge in [-0.1, -0.05) is 36.4 Å². The smallest absolute Gasteiger partial charge is 0.306 e. The molecule has 2 aromatic carbocycles.